The molecule has 0 heterocycles. The Morgan fingerprint density at radius 3 is 1.81 bits per heavy atom. The summed E-state index contributed by atoms with van der Waals surface area (Å²) in [7, 11) is 0. The summed E-state index contributed by atoms with van der Waals surface area (Å²) in [5.74, 6) is 0.294. The molecule has 6 rings (SSSR count). The van der Waals surface area contributed by atoms with Crippen molar-refractivity contribution in [2.45, 2.75) is 87.0 Å². The van der Waals surface area contributed by atoms with Crippen LogP contribution in [0.4, 0.5) is 0 Å². The summed E-state index contributed by atoms with van der Waals surface area (Å²) >= 11 is 0. The Hall–Kier alpha value is -2.44. The topological polar surface area (TPSA) is 0 Å². The van der Waals surface area contributed by atoms with Crippen molar-refractivity contribution in [3.63, 3.8) is 0 Å². The quantitative estimate of drug-likeness (QED) is 0.244. The van der Waals surface area contributed by atoms with E-state index in [2.05, 4.69) is 173 Å². The van der Waals surface area contributed by atoms with Crippen molar-refractivity contribution in [1.29, 1.82) is 0 Å². The van der Waals surface area contributed by atoms with E-state index in [0.717, 1.165) is 0 Å². The zero-order valence-electron chi connectivity index (χ0n) is 30.5. The third kappa shape index (κ3) is 7.50. The van der Waals surface area contributed by atoms with Crippen molar-refractivity contribution in [2.24, 2.45) is 11.3 Å². The average molecular weight is 752 g/mol. The maximum Gasteiger partial charge on any atom is 3.00 e. The number of hydrogen-bond donors (Lipinski definition) is 0. The van der Waals surface area contributed by atoms with Crippen LogP contribution in [0.5, 0.6) is 0 Å². The number of halogens is 2. The average Bonchev–Trinajstić information content (AvgIpc) is 3.53. The molecule has 0 aliphatic heterocycles. The van der Waals surface area contributed by atoms with Crippen LogP contribution in [0.1, 0.15) is 108 Å². The van der Waals surface area contributed by atoms with Crippen molar-refractivity contribution in [2.75, 3.05) is 0 Å². The third-order valence-corrected chi connectivity index (χ3v) is 9.61. The van der Waals surface area contributed by atoms with Gasteiger partial charge in [-0.3, -0.25) is 0 Å². The monoisotopic (exact) mass is 749 g/mol. The minimum atomic E-state index is -0.100. The summed E-state index contributed by atoms with van der Waals surface area (Å²) in [6.07, 6.45) is 8.97. The van der Waals surface area contributed by atoms with Crippen molar-refractivity contribution in [3.05, 3.63) is 156 Å². The number of fused-ring (bicyclic) bond motifs is 2. The van der Waals surface area contributed by atoms with Gasteiger partial charge in [0.05, 0.1) is 0 Å². The summed E-state index contributed by atoms with van der Waals surface area (Å²) < 4.78 is 0. The predicted octanol–water partition coefficient (Wildman–Crippen LogP) is 4.15. The van der Waals surface area contributed by atoms with E-state index in [-0.39, 0.29) is 67.3 Å². The Bertz CT molecular complexity index is 2100. The molecule has 1 radical (unpaired) electrons. The van der Waals surface area contributed by atoms with Gasteiger partial charge in [0, 0.05) is 0 Å². The molecule has 4 aromatic rings. The zero-order valence-corrected chi connectivity index (χ0v) is 34.5. The van der Waals surface area contributed by atoms with Crippen LogP contribution in [0, 0.1) is 28.7 Å². The van der Waals surface area contributed by atoms with E-state index in [1.54, 1.807) is 0 Å². The molecule has 4 aromatic carbocycles. The first-order valence-corrected chi connectivity index (χ1v) is 16.6. The molecule has 0 aromatic heterocycles. The second-order valence-corrected chi connectivity index (χ2v) is 16.3. The minimum absolute atomic E-state index is 0. The fraction of sp³-hybridized carbons (Fsp3) is 0.333. The SMILES string of the molecule is Cc1ccc(C(c2ccccc2)=c2c(C(C)(C)C)cc3c(c2C2=CC(C(C)(C)C)=CC2C)[C-]=c2ccc(C(C)(C)C)cc2=3)cc1.[Cl-].[Cl-].[Zr+3]. The van der Waals surface area contributed by atoms with Gasteiger partial charge >= 0.3 is 26.2 Å². The van der Waals surface area contributed by atoms with Gasteiger partial charge in [-0.25, -0.2) is 0 Å². The Labute approximate surface area is 320 Å². The molecule has 3 heteroatoms. The van der Waals surface area contributed by atoms with E-state index in [0.29, 0.717) is 5.92 Å². The van der Waals surface area contributed by atoms with Crippen molar-refractivity contribution >= 4 is 17.2 Å². The molecule has 247 valence electrons. The van der Waals surface area contributed by atoms with E-state index in [9.17, 15) is 0 Å². The molecule has 0 N–H and O–H groups in total. The summed E-state index contributed by atoms with van der Waals surface area (Å²) in [5, 5.41) is 5.16. The number of benzene rings is 4. The van der Waals surface area contributed by atoms with E-state index in [1.165, 1.54) is 76.5 Å². The van der Waals surface area contributed by atoms with E-state index >= 15 is 0 Å². The summed E-state index contributed by atoms with van der Waals surface area (Å²) in [6.45, 7) is 25.6. The second-order valence-electron chi connectivity index (χ2n) is 16.3. The molecule has 0 spiro atoms. The smallest absolute Gasteiger partial charge is 1.00 e. The van der Waals surface area contributed by atoms with Crippen LogP contribution in [0.2, 0.25) is 0 Å². The minimum Gasteiger partial charge on any atom is -1.00 e. The van der Waals surface area contributed by atoms with Gasteiger partial charge in [-0.2, -0.15) is 0 Å². The zero-order chi connectivity index (χ0) is 32.5. The van der Waals surface area contributed by atoms with Crippen LogP contribution in [0.15, 0.2) is 96.6 Å². The molecular weight excluding hydrogens is 703 g/mol. The number of hydrogen-bond acceptors (Lipinski definition) is 0. The van der Waals surface area contributed by atoms with Crippen molar-refractivity contribution in [3.8, 4) is 0 Å². The largest absolute Gasteiger partial charge is 3.00 e. The van der Waals surface area contributed by atoms with E-state index < -0.39 is 0 Å². The second kappa shape index (κ2) is 14.4. The van der Waals surface area contributed by atoms with Crippen molar-refractivity contribution in [1.82, 2.24) is 0 Å². The van der Waals surface area contributed by atoms with Gasteiger partial charge in [0.1, 0.15) is 0 Å². The Balaban J connectivity index is 0.00000208. The van der Waals surface area contributed by atoms with Crippen LogP contribution in [0.3, 0.4) is 0 Å². The molecule has 0 amide bonds. The summed E-state index contributed by atoms with van der Waals surface area (Å²) in [6, 6.07) is 29.7. The van der Waals surface area contributed by atoms with E-state index in [4.69, 9.17) is 0 Å². The first-order valence-electron chi connectivity index (χ1n) is 16.6. The normalized spacial score (nSPS) is 15.9. The first-order chi connectivity index (χ1) is 21.0. The van der Waals surface area contributed by atoms with Crippen LogP contribution in [-0.4, -0.2) is 0 Å². The summed E-state index contributed by atoms with van der Waals surface area (Å²) in [5.41, 5.74) is 13.2. The molecule has 0 fully saturated rings. The molecule has 2 aliphatic carbocycles. The Kier molecular flexibility index (Phi) is 12.0. The molecule has 0 saturated heterocycles. The van der Waals surface area contributed by atoms with Crippen LogP contribution >= 0.6 is 0 Å². The Morgan fingerprint density at radius 2 is 1.27 bits per heavy atom. The molecular formula is C45H49Cl2Zr. The molecule has 0 nitrogen and oxygen atoms in total. The molecule has 2 aliphatic rings. The Morgan fingerprint density at radius 1 is 0.667 bits per heavy atom. The van der Waals surface area contributed by atoms with Crippen LogP contribution in [-0.2, 0) is 37.0 Å². The van der Waals surface area contributed by atoms with Gasteiger partial charge in [-0.15, -0.1) is 33.4 Å². The molecule has 48 heavy (non-hydrogen) atoms. The third-order valence-electron chi connectivity index (χ3n) is 9.61. The predicted molar refractivity (Wildman–Crippen MR) is 194 cm³/mol. The number of allylic oxidation sites excluding steroid dienone is 4. The summed E-state index contributed by atoms with van der Waals surface area (Å²) in [4.78, 5) is 0. The fourth-order valence-electron chi connectivity index (χ4n) is 6.90. The van der Waals surface area contributed by atoms with Gasteiger partial charge in [-0.1, -0.05) is 176 Å². The van der Waals surface area contributed by atoms with Gasteiger partial charge in [0.25, 0.3) is 0 Å². The van der Waals surface area contributed by atoms with Crippen LogP contribution < -0.4 is 35.3 Å². The molecule has 0 bridgehead atoms. The standard InChI is InChI=1S/C45H49.2ClH.Zr/c1-28-17-19-31(20-18-28)40(30-15-13-12-14-16-30)42-39(45(9,10)11)27-37-36-25-33(43(3,4)5)22-21-32(36)24-38(37)41(42)35-26-34(23-29(35)2)44(6,7)8;;;/h12-23,25-27,29H,1-11H3;2*1H;/q-1;;;+3/p-2. The van der Waals surface area contributed by atoms with Gasteiger partial charge in [-0.05, 0) is 62.1 Å². The van der Waals surface area contributed by atoms with Gasteiger partial charge in [0.15, 0.2) is 0 Å². The van der Waals surface area contributed by atoms with E-state index in [1.807, 2.05) is 0 Å². The van der Waals surface area contributed by atoms with Gasteiger partial charge < -0.3 is 24.8 Å². The first kappa shape index (κ1) is 40.0. The molecule has 0 saturated carbocycles. The maximum atomic E-state index is 3.98. The van der Waals surface area contributed by atoms with Gasteiger partial charge in [0.2, 0.25) is 0 Å². The number of aryl methyl sites for hydroxylation is 1. The molecule has 1 unspecified atom stereocenters. The van der Waals surface area contributed by atoms with Crippen LogP contribution in [0.25, 0.3) is 17.2 Å². The fourth-order valence-corrected chi connectivity index (χ4v) is 6.90. The maximum absolute atomic E-state index is 3.98. The van der Waals surface area contributed by atoms with Crippen molar-refractivity contribution < 1.29 is 51.0 Å². The molecule has 1 atom stereocenters. The number of rotatable bonds is 3.